The number of sulfonamides is 1. The van der Waals surface area contributed by atoms with E-state index in [2.05, 4.69) is 22.5 Å². The van der Waals surface area contributed by atoms with Crippen LogP contribution >= 0.6 is 11.3 Å². The van der Waals surface area contributed by atoms with Gasteiger partial charge in [0.25, 0.3) is 0 Å². The van der Waals surface area contributed by atoms with E-state index in [4.69, 9.17) is 19.2 Å². The minimum absolute atomic E-state index is 0.0161. The number of thiazole rings is 1. The number of ether oxygens (including phenoxy) is 3. The highest BCUT2D eigenvalue weighted by molar-refractivity contribution is 7.89. The fraction of sp³-hybridized carbons (Fsp3) is 0.600. The topological polar surface area (TPSA) is 143 Å². The van der Waals surface area contributed by atoms with Crippen LogP contribution in [0.15, 0.2) is 53.4 Å². The number of alkyl carbamates (subject to hydrolysis) is 1. The summed E-state index contributed by atoms with van der Waals surface area (Å²) in [6, 6.07) is 14.1. The second-order valence-corrected chi connectivity index (χ2v) is 16.6. The quantitative estimate of drug-likeness (QED) is 0.209. The Hall–Kier alpha value is -2.85. The number of hydrogen-bond donors (Lipinski definition) is 3. The number of carbonyl (C=O) groups excluding carboxylic acids is 1. The van der Waals surface area contributed by atoms with Crippen LogP contribution in [-0.2, 0) is 30.7 Å². The number of rotatable bonds is 15. The Morgan fingerprint density at radius 1 is 1.16 bits per heavy atom. The molecule has 268 valence electrons. The van der Waals surface area contributed by atoms with Crippen molar-refractivity contribution in [1.29, 1.82) is 0 Å². The zero-order chi connectivity index (χ0) is 34.5. The molecular weight excluding hydrogens is 667 g/mol. The average molecular weight is 716 g/mol. The van der Waals surface area contributed by atoms with Gasteiger partial charge >= 0.3 is 6.09 Å². The summed E-state index contributed by atoms with van der Waals surface area (Å²) in [5, 5.41) is 18.7. The van der Waals surface area contributed by atoms with Gasteiger partial charge in [-0.1, -0.05) is 62.4 Å². The van der Waals surface area contributed by atoms with Gasteiger partial charge in [-0.2, -0.15) is 4.31 Å². The molecule has 0 spiro atoms. The number of carbonyl (C=O) groups is 1. The summed E-state index contributed by atoms with van der Waals surface area (Å²) in [6.45, 7) is 9.76. The molecule has 6 rings (SSSR count). The number of amides is 1. The summed E-state index contributed by atoms with van der Waals surface area (Å²) in [4.78, 5) is 20.5. The van der Waals surface area contributed by atoms with E-state index in [0.29, 0.717) is 12.6 Å². The smallest absolute Gasteiger partial charge is 0.407 e. The Kier molecular flexibility index (Phi) is 11.7. The molecule has 0 radical (unpaired) electrons. The molecule has 49 heavy (non-hydrogen) atoms. The van der Waals surface area contributed by atoms with E-state index in [1.54, 1.807) is 18.2 Å². The van der Waals surface area contributed by atoms with Gasteiger partial charge in [-0.25, -0.2) is 18.2 Å². The van der Waals surface area contributed by atoms with Crippen molar-refractivity contribution in [1.82, 2.24) is 19.5 Å². The molecule has 2 aromatic carbocycles. The first kappa shape index (κ1) is 36.0. The first-order valence-corrected chi connectivity index (χ1v) is 19.7. The van der Waals surface area contributed by atoms with Crippen molar-refractivity contribution in [2.75, 3.05) is 51.3 Å². The molecule has 3 aliphatic rings. The number of hydrogen-bond acceptors (Lipinski definition) is 11. The lowest BCUT2D eigenvalue weighted by Gasteiger charge is -2.31. The Balaban J connectivity index is 1.17. The second kappa shape index (κ2) is 16.0. The van der Waals surface area contributed by atoms with E-state index in [-0.39, 0.29) is 49.1 Å². The molecule has 3 aromatic rings. The van der Waals surface area contributed by atoms with E-state index in [1.807, 2.05) is 44.2 Å². The number of nitrogens with one attached hydrogen (secondary N) is 2. The minimum atomic E-state index is -4.02. The molecule has 0 saturated carbocycles. The molecule has 1 aromatic heterocycles. The molecular formula is C35H49N5O7S2. The van der Waals surface area contributed by atoms with Gasteiger partial charge in [-0.15, -0.1) is 0 Å². The van der Waals surface area contributed by atoms with Crippen LogP contribution in [0.4, 0.5) is 9.93 Å². The fourth-order valence-corrected chi connectivity index (χ4v) is 9.71. The molecule has 0 bridgehead atoms. The molecule has 3 saturated heterocycles. The number of likely N-dealkylation sites (N-methyl/N-ethyl adjacent to an activating group) is 1. The predicted molar refractivity (Wildman–Crippen MR) is 189 cm³/mol. The molecule has 0 aliphatic carbocycles. The highest BCUT2D eigenvalue weighted by Crippen LogP contribution is 2.33. The van der Waals surface area contributed by atoms with E-state index in [0.717, 1.165) is 53.4 Å². The Labute approximate surface area is 293 Å². The number of nitrogens with zero attached hydrogens (tertiary/aromatic N) is 3. The van der Waals surface area contributed by atoms with Crippen LogP contribution in [0, 0.1) is 11.8 Å². The number of benzene rings is 2. The van der Waals surface area contributed by atoms with Crippen molar-refractivity contribution < 1.29 is 32.5 Å². The minimum Gasteiger partial charge on any atom is -0.443 e. The molecule has 3 fully saturated rings. The second-order valence-electron chi connectivity index (χ2n) is 13.6. The summed E-state index contributed by atoms with van der Waals surface area (Å²) >= 11 is 1.44. The Bertz CT molecular complexity index is 1660. The maximum absolute atomic E-state index is 14.2. The molecule has 4 heterocycles. The molecule has 3 aliphatic heterocycles. The molecule has 6 atom stereocenters. The van der Waals surface area contributed by atoms with Gasteiger partial charge in [-0.05, 0) is 68.5 Å². The Morgan fingerprint density at radius 3 is 2.76 bits per heavy atom. The zero-order valence-electron chi connectivity index (χ0n) is 28.5. The highest BCUT2D eigenvalue weighted by Gasteiger charge is 2.44. The molecule has 6 unspecified atom stereocenters. The largest absolute Gasteiger partial charge is 0.443 e. The summed E-state index contributed by atoms with van der Waals surface area (Å²) < 4.78 is 47.4. The van der Waals surface area contributed by atoms with Gasteiger partial charge in [0.15, 0.2) is 11.4 Å². The fourth-order valence-electron chi connectivity index (χ4n) is 7.07. The first-order valence-electron chi connectivity index (χ1n) is 17.4. The number of fused-ring (bicyclic) bond motifs is 2. The molecule has 3 N–H and O–H groups in total. The van der Waals surface area contributed by atoms with Crippen molar-refractivity contribution in [2.45, 2.75) is 81.9 Å². The average Bonchev–Trinajstić information content (AvgIpc) is 3.88. The third-order valence-electron chi connectivity index (χ3n) is 9.66. The number of aromatic nitrogens is 1. The normalized spacial score (nSPS) is 24.0. The maximum Gasteiger partial charge on any atom is 0.407 e. The van der Waals surface area contributed by atoms with Crippen molar-refractivity contribution in [2.24, 2.45) is 11.8 Å². The van der Waals surface area contributed by atoms with Crippen molar-refractivity contribution in [3.05, 3.63) is 54.1 Å². The molecule has 14 heteroatoms. The number of anilines is 1. The SMILES string of the molecule is CCN1CCCC1CNc1nc2ccc(S(=O)(=O)N(CC(C)C)CC(O)C(Cc3ccccc3)NC(=O)OC3COC4OCCC34)cc2s1. The summed E-state index contributed by atoms with van der Waals surface area (Å²) in [5.74, 6) is -0.0472. The predicted octanol–water partition coefficient (Wildman–Crippen LogP) is 4.30. The first-order chi connectivity index (χ1) is 23.6. The van der Waals surface area contributed by atoms with Gasteiger partial charge in [0.2, 0.25) is 10.0 Å². The monoisotopic (exact) mass is 715 g/mol. The van der Waals surface area contributed by atoms with E-state index in [9.17, 15) is 18.3 Å². The molecule has 12 nitrogen and oxygen atoms in total. The van der Waals surface area contributed by atoms with Crippen LogP contribution in [0.2, 0.25) is 0 Å². The standard InChI is InChI=1S/C35H49N5O7S2/c1-4-39-15-8-11-25(39)19-36-34-37-28-13-12-26(18-32(28)48-34)49(43,44)40(20-23(2)3)21-30(41)29(17-24-9-6-5-7-10-24)38-35(42)47-31-22-46-33-27(31)14-16-45-33/h5-7,9-10,12-13,18,23,25,27,29-31,33,41H,4,8,11,14-17,19-22H2,1-3H3,(H,36,37)(H,38,42). The van der Waals surface area contributed by atoms with E-state index in [1.165, 1.54) is 22.1 Å². The van der Waals surface area contributed by atoms with Crippen LogP contribution in [0.5, 0.6) is 0 Å². The van der Waals surface area contributed by atoms with Crippen LogP contribution in [-0.4, -0.2) is 110 Å². The van der Waals surface area contributed by atoms with Crippen molar-refractivity contribution in [3.8, 4) is 0 Å². The number of likely N-dealkylation sites (tertiary alicyclic amines) is 1. The third kappa shape index (κ3) is 8.73. The highest BCUT2D eigenvalue weighted by atomic mass is 32.2. The van der Waals surface area contributed by atoms with Crippen LogP contribution in [0.25, 0.3) is 10.2 Å². The Morgan fingerprint density at radius 2 is 1.98 bits per heavy atom. The summed E-state index contributed by atoms with van der Waals surface area (Å²) in [7, 11) is -4.02. The van der Waals surface area contributed by atoms with Crippen LogP contribution < -0.4 is 10.6 Å². The van der Waals surface area contributed by atoms with Gasteiger partial charge in [0, 0.05) is 25.7 Å². The van der Waals surface area contributed by atoms with E-state index >= 15 is 0 Å². The zero-order valence-corrected chi connectivity index (χ0v) is 30.1. The lowest BCUT2D eigenvalue weighted by atomic mass is 10.0. The van der Waals surface area contributed by atoms with Gasteiger partial charge in [0.1, 0.15) is 6.10 Å². The van der Waals surface area contributed by atoms with Gasteiger partial charge in [-0.3, -0.25) is 4.90 Å². The van der Waals surface area contributed by atoms with Gasteiger partial charge < -0.3 is 30.0 Å². The van der Waals surface area contributed by atoms with Crippen LogP contribution in [0.3, 0.4) is 0 Å². The number of aliphatic hydroxyl groups excluding tert-OH is 1. The molecule has 1 amide bonds. The lowest BCUT2D eigenvalue weighted by molar-refractivity contribution is -0.0907. The van der Waals surface area contributed by atoms with Crippen molar-refractivity contribution in [3.63, 3.8) is 0 Å². The number of aliphatic hydroxyl groups is 1. The summed E-state index contributed by atoms with van der Waals surface area (Å²) in [5.41, 5.74) is 1.61. The van der Waals surface area contributed by atoms with Crippen LogP contribution in [0.1, 0.15) is 45.6 Å². The summed E-state index contributed by atoms with van der Waals surface area (Å²) in [6.07, 6.45) is 0.634. The van der Waals surface area contributed by atoms with Crippen molar-refractivity contribution >= 4 is 42.8 Å². The lowest BCUT2D eigenvalue weighted by Crippen LogP contribution is -2.51. The maximum atomic E-state index is 14.2. The van der Waals surface area contributed by atoms with E-state index < -0.39 is 34.4 Å². The van der Waals surface area contributed by atoms with Gasteiger partial charge in [0.05, 0.1) is 46.4 Å². The third-order valence-corrected chi connectivity index (χ3v) is 12.5.